The highest BCUT2D eigenvalue weighted by atomic mass is 32.2. The quantitative estimate of drug-likeness (QED) is 0.604. The highest BCUT2D eigenvalue weighted by Gasteiger charge is 2.39. The first-order valence-electron chi connectivity index (χ1n) is 11.7. The number of halogens is 2. The van der Waals surface area contributed by atoms with Crippen LogP contribution in [0.4, 0.5) is 8.78 Å². The zero-order valence-corrected chi connectivity index (χ0v) is 19.3. The minimum Gasteiger partial charge on any atom is -0.390 e. The molecule has 1 aliphatic heterocycles. The van der Waals surface area contributed by atoms with Gasteiger partial charge in [0.05, 0.1) is 12.6 Å². The van der Waals surface area contributed by atoms with Crippen molar-refractivity contribution in [2.24, 2.45) is 0 Å². The number of benzene rings is 2. The number of aromatic nitrogens is 1. The van der Waals surface area contributed by atoms with Crippen LogP contribution in [0.25, 0.3) is 21.8 Å². The molecule has 2 aliphatic rings. The van der Waals surface area contributed by atoms with Crippen LogP contribution in [0.2, 0.25) is 0 Å². The lowest BCUT2D eigenvalue weighted by Crippen LogP contribution is -2.55. The Balaban J connectivity index is 1.40. The predicted molar refractivity (Wildman–Crippen MR) is 124 cm³/mol. The standard InChI is InChI=1S/C24H29F2N3O3S/c25-17-7-9-23-21(13-17)22-14-18(26)8-10-24(22)28(23)16-20(30)15-27-11-4-12-29(33(27,31)32)19-5-2-1-3-6-19/h7-10,13-14,19-20,30H,1-6,11-12,15-16H2. The third-order valence-corrected chi connectivity index (χ3v) is 9.04. The number of fused-ring (bicyclic) bond motifs is 3. The van der Waals surface area contributed by atoms with E-state index in [2.05, 4.69) is 0 Å². The van der Waals surface area contributed by atoms with Gasteiger partial charge in [0, 0.05) is 47.5 Å². The third-order valence-electron chi connectivity index (χ3n) is 6.99. The fourth-order valence-electron chi connectivity index (χ4n) is 5.46. The van der Waals surface area contributed by atoms with Crippen molar-refractivity contribution in [2.75, 3.05) is 19.6 Å². The Kier molecular flexibility index (Phi) is 6.15. The molecule has 0 amide bonds. The number of aliphatic hydroxyl groups excluding tert-OH is 1. The molecule has 3 aromatic rings. The van der Waals surface area contributed by atoms with E-state index in [9.17, 15) is 22.3 Å². The number of rotatable bonds is 5. The molecule has 1 atom stereocenters. The maximum absolute atomic E-state index is 13.9. The normalized spacial score (nSPS) is 21.7. The van der Waals surface area contributed by atoms with Crippen LogP contribution in [0.1, 0.15) is 38.5 Å². The van der Waals surface area contributed by atoms with Crippen molar-refractivity contribution in [3.63, 3.8) is 0 Å². The highest BCUT2D eigenvalue weighted by Crippen LogP contribution is 2.32. The van der Waals surface area contributed by atoms with Crippen molar-refractivity contribution < 1.29 is 22.3 Å². The summed E-state index contributed by atoms with van der Waals surface area (Å²) in [6.45, 7) is 1.01. The third kappa shape index (κ3) is 4.27. The van der Waals surface area contributed by atoms with Crippen molar-refractivity contribution in [1.29, 1.82) is 0 Å². The summed E-state index contributed by atoms with van der Waals surface area (Å²) in [6, 6.07) is 8.64. The summed E-state index contributed by atoms with van der Waals surface area (Å²) in [5.41, 5.74) is 1.34. The van der Waals surface area contributed by atoms with Gasteiger partial charge in [-0.1, -0.05) is 19.3 Å². The van der Waals surface area contributed by atoms with Gasteiger partial charge in [-0.05, 0) is 55.7 Å². The topological polar surface area (TPSA) is 65.8 Å². The molecule has 0 radical (unpaired) electrons. The predicted octanol–water partition coefficient (Wildman–Crippen LogP) is 4.02. The van der Waals surface area contributed by atoms with Gasteiger partial charge in [-0.25, -0.2) is 8.78 Å². The zero-order valence-electron chi connectivity index (χ0n) is 18.5. The maximum Gasteiger partial charge on any atom is 0.282 e. The van der Waals surface area contributed by atoms with Crippen LogP contribution in [-0.4, -0.2) is 58.5 Å². The van der Waals surface area contributed by atoms with Crippen molar-refractivity contribution in [2.45, 2.75) is 57.2 Å². The van der Waals surface area contributed by atoms with E-state index in [4.69, 9.17) is 0 Å². The molecule has 1 aliphatic carbocycles. The van der Waals surface area contributed by atoms with Gasteiger partial charge < -0.3 is 9.67 Å². The van der Waals surface area contributed by atoms with Crippen molar-refractivity contribution in [1.82, 2.24) is 13.2 Å². The SMILES string of the molecule is O=S1(=O)N(CC(O)Cn2c3ccc(F)cc3c3cc(F)ccc32)CCCN1C1CCCCC1. The summed E-state index contributed by atoms with van der Waals surface area (Å²) in [7, 11) is -3.64. The van der Waals surface area contributed by atoms with Crippen LogP contribution in [0.15, 0.2) is 36.4 Å². The molecule has 1 saturated carbocycles. The van der Waals surface area contributed by atoms with Gasteiger partial charge in [-0.2, -0.15) is 17.0 Å². The Bertz CT molecular complexity index is 1210. The number of aliphatic hydroxyl groups is 1. The molecule has 1 unspecified atom stereocenters. The molecule has 33 heavy (non-hydrogen) atoms. The summed E-state index contributed by atoms with van der Waals surface area (Å²) < 4.78 is 59.2. The first-order chi connectivity index (χ1) is 15.8. The van der Waals surface area contributed by atoms with Gasteiger partial charge in [-0.15, -0.1) is 0 Å². The molecular weight excluding hydrogens is 448 g/mol. The number of hydrogen-bond acceptors (Lipinski definition) is 3. The minimum absolute atomic E-state index is 0.0187. The fourth-order valence-corrected chi connectivity index (χ4v) is 7.42. The molecule has 2 heterocycles. The monoisotopic (exact) mass is 477 g/mol. The average molecular weight is 478 g/mol. The maximum atomic E-state index is 13.9. The average Bonchev–Trinajstić information content (AvgIpc) is 3.07. The van der Waals surface area contributed by atoms with E-state index >= 15 is 0 Å². The Morgan fingerprint density at radius 3 is 2.09 bits per heavy atom. The molecule has 9 heteroatoms. The van der Waals surface area contributed by atoms with E-state index in [1.165, 1.54) is 28.6 Å². The molecule has 2 aromatic carbocycles. The van der Waals surface area contributed by atoms with E-state index in [0.29, 0.717) is 34.9 Å². The molecule has 0 spiro atoms. The molecule has 1 aromatic heterocycles. The zero-order chi connectivity index (χ0) is 23.2. The Morgan fingerprint density at radius 2 is 1.48 bits per heavy atom. The van der Waals surface area contributed by atoms with Crippen molar-refractivity contribution in [3.05, 3.63) is 48.0 Å². The van der Waals surface area contributed by atoms with E-state index in [1.807, 2.05) is 4.57 Å². The minimum atomic E-state index is -3.64. The molecule has 5 rings (SSSR count). The van der Waals surface area contributed by atoms with Gasteiger partial charge in [0.2, 0.25) is 0 Å². The second-order valence-electron chi connectivity index (χ2n) is 9.21. The molecule has 1 saturated heterocycles. The Morgan fingerprint density at radius 1 is 0.879 bits per heavy atom. The molecular formula is C24H29F2N3O3S. The summed E-state index contributed by atoms with van der Waals surface area (Å²) in [5.74, 6) is -0.845. The van der Waals surface area contributed by atoms with Crippen LogP contribution < -0.4 is 0 Å². The molecule has 1 N–H and O–H groups in total. The second-order valence-corrected chi connectivity index (χ2v) is 11.1. The number of hydrogen-bond donors (Lipinski definition) is 1. The molecule has 0 bridgehead atoms. The summed E-state index contributed by atoms with van der Waals surface area (Å²) in [5, 5.41) is 12.1. The van der Waals surface area contributed by atoms with Crippen LogP contribution in [0, 0.1) is 11.6 Å². The van der Waals surface area contributed by atoms with Gasteiger partial charge in [-0.3, -0.25) is 0 Å². The first-order valence-corrected chi connectivity index (χ1v) is 13.1. The van der Waals surface area contributed by atoms with Crippen LogP contribution in [-0.2, 0) is 16.8 Å². The van der Waals surface area contributed by atoms with Gasteiger partial charge in [0.25, 0.3) is 10.2 Å². The first kappa shape index (κ1) is 22.7. The summed E-state index contributed by atoms with van der Waals surface area (Å²) in [4.78, 5) is 0. The summed E-state index contributed by atoms with van der Waals surface area (Å²) in [6.07, 6.45) is 4.80. The number of β-amino-alcohol motifs (C(OH)–C–C–N with tert-alkyl or cyclic N) is 1. The van der Waals surface area contributed by atoms with Crippen LogP contribution >= 0.6 is 0 Å². The Hall–Kier alpha value is -2.07. The van der Waals surface area contributed by atoms with Gasteiger partial charge in [0.1, 0.15) is 11.6 Å². The fraction of sp³-hybridized carbons (Fsp3) is 0.500. The molecule has 178 valence electrons. The Labute approximate surface area is 192 Å². The van der Waals surface area contributed by atoms with E-state index < -0.39 is 27.9 Å². The molecule has 2 fully saturated rings. The van der Waals surface area contributed by atoms with Gasteiger partial charge >= 0.3 is 0 Å². The van der Waals surface area contributed by atoms with Crippen LogP contribution in [0.3, 0.4) is 0 Å². The molecule has 6 nitrogen and oxygen atoms in total. The lowest BCUT2D eigenvalue weighted by molar-refractivity contribution is 0.116. The highest BCUT2D eigenvalue weighted by molar-refractivity contribution is 7.86. The largest absolute Gasteiger partial charge is 0.390 e. The summed E-state index contributed by atoms with van der Waals surface area (Å²) >= 11 is 0. The lowest BCUT2D eigenvalue weighted by Gasteiger charge is -2.41. The van der Waals surface area contributed by atoms with Crippen molar-refractivity contribution >= 4 is 32.0 Å². The second kappa shape index (κ2) is 8.94. The van der Waals surface area contributed by atoms with Crippen LogP contribution in [0.5, 0.6) is 0 Å². The van der Waals surface area contributed by atoms with E-state index in [0.717, 1.165) is 38.5 Å². The number of nitrogens with zero attached hydrogens (tertiary/aromatic N) is 3. The van der Waals surface area contributed by atoms with Gasteiger partial charge in [0.15, 0.2) is 0 Å². The van der Waals surface area contributed by atoms with E-state index in [1.54, 1.807) is 16.4 Å². The van der Waals surface area contributed by atoms with E-state index in [-0.39, 0.29) is 19.1 Å². The van der Waals surface area contributed by atoms with Crippen molar-refractivity contribution in [3.8, 4) is 0 Å². The lowest BCUT2D eigenvalue weighted by atomic mass is 9.95. The smallest absolute Gasteiger partial charge is 0.282 e.